The maximum absolute atomic E-state index is 12.3. The van der Waals surface area contributed by atoms with Gasteiger partial charge in [0.15, 0.2) is 23.0 Å². The smallest absolute Gasteiger partial charge is 0.340 e. The van der Waals surface area contributed by atoms with Gasteiger partial charge in [0.25, 0.3) is 0 Å². The topological polar surface area (TPSA) is 112 Å². The van der Waals surface area contributed by atoms with Crippen LogP contribution in [0.15, 0.2) is 41.9 Å². The Bertz CT molecular complexity index is 1280. The van der Waals surface area contributed by atoms with Crippen LogP contribution < -0.4 is 24.3 Å². The molecule has 168 valence electrons. The number of allylic oxidation sites excluding steroid dienone is 1. The Balaban J connectivity index is 1.63. The van der Waals surface area contributed by atoms with E-state index < -0.39 is 5.97 Å². The minimum absolute atomic E-state index is 0.192. The van der Waals surface area contributed by atoms with Gasteiger partial charge < -0.3 is 29.0 Å². The molecule has 1 N–H and O–H groups in total. The average molecular weight is 465 g/mol. The first kappa shape index (κ1) is 22.0. The van der Waals surface area contributed by atoms with Gasteiger partial charge >= 0.3 is 5.97 Å². The number of methoxy groups -OCH3 is 3. The number of aromatic nitrogens is 1. The van der Waals surface area contributed by atoms with E-state index in [-0.39, 0.29) is 17.9 Å². The Labute approximate surface area is 193 Å². The number of nitriles is 1. The molecule has 0 saturated heterocycles. The van der Waals surface area contributed by atoms with E-state index in [0.717, 1.165) is 5.56 Å². The summed E-state index contributed by atoms with van der Waals surface area (Å²) >= 11 is 1.32. The molecule has 3 aromatic rings. The van der Waals surface area contributed by atoms with Crippen LogP contribution in [0.4, 0.5) is 5.69 Å². The van der Waals surface area contributed by atoms with Gasteiger partial charge in [0.1, 0.15) is 16.6 Å². The van der Waals surface area contributed by atoms with Crippen LogP contribution in [-0.2, 0) is 4.74 Å². The van der Waals surface area contributed by atoms with Crippen LogP contribution in [0.3, 0.4) is 0 Å². The Morgan fingerprint density at radius 1 is 1.15 bits per heavy atom. The fourth-order valence-corrected chi connectivity index (χ4v) is 3.95. The van der Waals surface area contributed by atoms with E-state index in [4.69, 9.17) is 23.7 Å². The van der Waals surface area contributed by atoms with E-state index >= 15 is 0 Å². The lowest BCUT2D eigenvalue weighted by atomic mass is 10.1. The number of nitrogens with one attached hydrogen (secondary N) is 1. The highest BCUT2D eigenvalue weighted by atomic mass is 32.1. The summed E-state index contributed by atoms with van der Waals surface area (Å²) in [6.07, 6.45) is 1.48. The van der Waals surface area contributed by atoms with Gasteiger partial charge in [0, 0.05) is 29.3 Å². The van der Waals surface area contributed by atoms with Gasteiger partial charge in [-0.3, -0.25) is 0 Å². The largest absolute Gasteiger partial charge is 0.493 e. The number of thiazole rings is 1. The monoisotopic (exact) mass is 465 g/mol. The van der Waals surface area contributed by atoms with Crippen molar-refractivity contribution in [3.63, 3.8) is 0 Å². The van der Waals surface area contributed by atoms with E-state index in [0.29, 0.717) is 39.4 Å². The zero-order valence-corrected chi connectivity index (χ0v) is 18.8. The number of anilines is 1. The third-order valence-electron chi connectivity index (χ3n) is 4.82. The lowest BCUT2D eigenvalue weighted by Gasteiger charge is -2.13. The van der Waals surface area contributed by atoms with Crippen molar-refractivity contribution < 1.29 is 28.5 Å². The van der Waals surface area contributed by atoms with Gasteiger partial charge in [0.2, 0.25) is 6.79 Å². The number of benzene rings is 2. The quantitative estimate of drug-likeness (QED) is 0.403. The van der Waals surface area contributed by atoms with Crippen molar-refractivity contribution >= 4 is 28.6 Å². The van der Waals surface area contributed by atoms with Crippen molar-refractivity contribution in [2.45, 2.75) is 0 Å². The standard InChI is InChI=1S/C23H19N3O6S/c1-28-19-7-15(23(27)30-3)16(8-20(19)29-2)25-10-14(9-24)22-26-17(11-33-22)13-4-5-18-21(6-13)32-12-31-18/h4-8,10-11,25H,12H2,1-3H3/b14-10+. The van der Waals surface area contributed by atoms with Crippen LogP contribution in [0.2, 0.25) is 0 Å². The number of ether oxygens (including phenoxy) is 5. The predicted molar refractivity (Wildman–Crippen MR) is 122 cm³/mol. The van der Waals surface area contributed by atoms with Crippen LogP contribution in [-0.4, -0.2) is 39.1 Å². The molecule has 1 aliphatic heterocycles. The molecule has 2 aromatic carbocycles. The summed E-state index contributed by atoms with van der Waals surface area (Å²) in [5.74, 6) is 1.57. The summed E-state index contributed by atoms with van der Waals surface area (Å²) in [5, 5.41) is 15.1. The molecule has 0 atom stereocenters. The van der Waals surface area contributed by atoms with E-state index in [1.807, 2.05) is 23.6 Å². The van der Waals surface area contributed by atoms with Gasteiger partial charge in [-0.05, 0) is 18.2 Å². The summed E-state index contributed by atoms with van der Waals surface area (Å²) in [6, 6.07) is 10.8. The van der Waals surface area contributed by atoms with E-state index in [9.17, 15) is 10.1 Å². The molecular formula is C23H19N3O6S. The van der Waals surface area contributed by atoms with Crippen molar-refractivity contribution in [3.8, 4) is 40.3 Å². The first-order valence-corrected chi connectivity index (χ1v) is 10.5. The Morgan fingerprint density at radius 2 is 1.91 bits per heavy atom. The number of nitrogens with zero attached hydrogens (tertiary/aromatic N) is 2. The van der Waals surface area contributed by atoms with E-state index in [1.165, 1.54) is 44.9 Å². The Morgan fingerprint density at radius 3 is 2.64 bits per heavy atom. The van der Waals surface area contributed by atoms with Crippen LogP contribution in [0.1, 0.15) is 15.4 Å². The molecule has 0 amide bonds. The van der Waals surface area contributed by atoms with Gasteiger partial charge in [0.05, 0.1) is 38.3 Å². The van der Waals surface area contributed by atoms with Crippen molar-refractivity contribution in [1.82, 2.24) is 4.98 Å². The number of carbonyl (C=O) groups excluding carboxylic acids is 1. The minimum Gasteiger partial charge on any atom is -0.493 e. The van der Waals surface area contributed by atoms with Crippen LogP contribution in [0.5, 0.6) is 23.0 Å². The zero-order valence-electron chi connectivity index (χ0n) is 18.0. The summed E-state index contributed by atoms with van der Waals surface area (Å²) in [4.78, 5) is 16.8. The number of hydrogen-bond donors (Lipinski definition) is 1. The number of fused-ring (bicyclic) bond motifs is 1. The number of carbonyl (C=O) groups is 1. The second kappa shape index (κ2) is 9.50. The molecule has 33 heavy (non-hydrogen) atoms. The average Bonchev–Trinajstić information content (AvgIpc) is 3.53. The first-order chi connectivity index (χ1) is 16.1. The molecule has 0 spiro atoms. The Kier molecular flexibility index (Phi) is 6.33. The summed E-state index contributed by atoms with van der Waals surface area (Å²) in [7, 11) is 4.25. The molecule has 0 radical (unpaired) electrons. The van der Waals surface area contributed by atoms with Gasteiger partial charge in [-0.2, -0.15) is 5.26 Å². The van der Waals surface area contributed by atoms with Crippen molar-refractivity contribution in [3.05, 3.63) is 52.5 Å². The lowest BCUT2D eigenvalue weighted by Crippen LogP contribution is -2.07. The van der Waals surface area contributed by atoms with Crippen LogP contribution in [0, 0.1) is 11.3 Å². The summed E-state index contributed by atoms with van der Waals surface area (Å²) in [5.41, 5.74) is 2.46. The normalized spacial score (nSPS) is 12.1. The van der Waals surface area contributed by atoms with Crippen molar-refractivity contribution in [2.75, 3.05) is 33.4 Å². The molecule has 2 heterocycles. The molecule has 0 fully saturated rings. The van der Waals surface area contributed by atoms with Gasteiger partial charge in [-0.15, -0.1) is 11.3 Å². The maximum Gasteiger partial charge on any atom is 0.340 e. The number of hydrogen-bond acceptors (Lipinski definition) is 10. The molecule has 0 aliphatic carbocycles. The number of rotatable bonds is 7. The lowest BCUT2D eigenvalue weighted by molar-refractivity contribution is 0.0601. The highest BCUT2D eigenvalue weighted by Gasteiger charge is 2.18. The zero-order chi connectivity index (χ0) is 23.4. The highest BCUT2D eigenvalue weighted by molar-refractivity contribution is 7.11. The first-order valence-electron chi connectivity index (χ1n) is 9.65. The number of esters is 1. The van der Waals surface area contributed by atoms with E-state index in [2.05, 4.69) is 16.4 Å². The molecule has 1 aliphatic rings. The van der Waals surface area contributed by atoms with Crippen molar-refractivity contribution in [1.29, 1.82) is 5.26 Å². The fourth-order valence-electron chi connectivity index (χ4n) is 3.15. The molecule has 4 rings (SSSR count). The molecule has 9 nitrogen and oxygen atoms in total. The van der Waals surface area contributed by atoms with Crippen LogP contribution in [0.25, 0.3) is 16.8 Å². The predicted octanol–water partition coefficient (Wildman–Crippen LogP) is 4.32. The molecule has 0 unspecified atom stereocenters. The molecule has 0 bridgehead atoms. The van der Waals surface area contributed by atoms with E-state index in [1.54, 1.807) is 6.07 Å². The second-order valence-corrected chi connectivity index (χ2v) is 7.52. The Hall–Kier alpha value is -4.23. The maximum atomic E-state index is 12.3. The highest BCUT2D eigenvalue weighted by Crippen LogP contribution is 2.37. The van der Waals surface area contributed by atoms with Crippen molar-refractivity contribution in [2.24, 2.45) is 0 Å². The SMILES string of the molecule is COC(=O)c1cc(OC)c(OC)cc1N/C=C(\C#N)c1nc(-c2ccc3c(c2)OCO3)cs1. The molecular weight excluding hydrogens is 446 g/mol. The van der Waals surface area contributed by atoms with Gasteiger partial charge in [-0.25, -0.2) is 9.78 Å². The summed E-state index contributed by atoms with van der Waals surface area (Å²) in [6.45, 7) is 0.192. The third-order valence-corrected chi connectivity index (χ3v) is 5.70. The van der Waals surface area contributed by atoms with Gasteiger partial charge in [-0.1, -0.05) is 0 Å². The van der Waals surface area contributed by atoms with Crippen LogP contribution >= 0.6 is 11.3 Å². The summed E-state index contributed by atoms with van der Waals surface area (Å²) < 4.78 is 26.2. The minimum atomic E-state index is -0.565. The molecule has 10 heteroatoms. The molecule has 1 aromatic heterocycles. The second-order valence-electron chi connectivity index (χ2n) is 6.66. The third kappa shape index (κ3) is 4.40. The molecule has 0 saturated carbocycles. The fraction of sp³-hybridized carbons (Fsp3) is 0.174.